The minimum atomic E-state index is 0.451. The van der Waals surface area contributed by atoms with Crippen LogP contribution in [-0.2, 0) is 6.42 Å². The van der Waals surface area contributed by atoms with Gasteiger partial charge in [0.25, 0.3) is 0 Å². The van der Waals surface area contributed by atoms with Crippen LogP contribution in [0.15, 0.2) is 29.3 Å². The molecule has 1 aliphatic carbocycles. The highest BCUT2D eigenvalue weighted by Crippen LogP contribution is 2.48. The molecule has 0 spiro atoms. The lowest BCUT2D eigenvalue weighted by atomic mass is 9.78. The van der Waals surface area contributed by atoms with E-state index in [1.54, 1.807) is 0 Å². The topological polar surface area (TPSA) is 39.5 Å². The Morgan fingerprint density at radius 1 is 1.05 bits per heavy atom. The predicted octanol–water partition coefficient (Wildman–Crippen LogP) is 11.8. The Morgan fingerprint density at radius 2 is 1.84 bits per heavy atom. The number of rotatable bonds is 13. The molecule has 1 saturated carbocycles. The van der Waals surface area contributed by atoms with E-state index in [0.717, 1.165) is 60.9 Å². The largest absolute Gasteiger partial charge is 0.371 e. The molecular weight excluding hydrogens is 534 g/mol. The number of hydrogen-bond donors (Lipinski definition) is 1. The smallest absolute Gasteiger partial charge is 0.0778 e. The molecule has 0 amide bonds. The van der Waals surface area contributed by atoms with Crippen LogP contribution in [0.4, 0.5) is 11.4 Å². The van der Waals surface area contributed by atoms with E-state index in [1.165, 1.54) is 111 Å². The van der Waals surface area contributed by atoms with Crippen LogP contribution in [0, 0.1) is 36.0 Å². The zero-order valence-electron chi connectivity index (χ0n) is 29.0. The highest BCUT2D eigenvalue weighted by atomic mass is 15.2. The minimum absolute atomic E-state index is 0.451. The zero-order chi connectivity index (χ0) is 31.2. The first kappa shape index (κ1) is 33.0. The highest BCUT2D eigenvalue weighted by Gasteiger charge is 2.32. The Bertz CT molecular complexity index is 1300. The molecule has 3 nitrogen and oxygen atoms in total. The van der Waals surface area contributed by atoms with Crippen LogP contribution in [0.5, 0.6) is 0 Å². The number of aryl methyl sites for hydroxylation is 2. The Morgan fingerprint density at radius 3 is 2.52 bits per heavy atom. The monoisotopic (exact) mass is 595 g/mol. The van der Waals surface area contributed by atoms with Gasteiger partial charge < -0.3 is 10.3 Å². The lowest BCUT2D eigenvalue weighted by molar-refractivity contribution is 0.252. The highest BCUT2D eigenvalue weighted by molar-refractivity contribution is 6.09. The molecule has 5 rings (SSSR count). The van der Waals surface area contributed by atoms with Crippen LogP contribution in [0.3, 0.4) is 0 Å². The number of aliphatic imine (C=N–C) groups is 1. The summed E-state index contributed by atoms with van der Waals surface area (Å²) in [7, 11) is 0. The zero-order valence-corrected chi connectivity index (χ0v) is 29.0. The lowest BCUT2D eigenvalue weighted by Crippen LogP contribution is -2.23. The molecule has 0 radical (unpaired) electrons. The average Bonchev–Trinajstić information content (AvgIpc) is 3.51. The van der Waals surface area contributed by atoms with Crippen molar-refractivity contribution in [3.8, 4) is 11.1 Å². The van der Waals surface area contributed by atoms with Crippen LogP contribution in [0.1, 0.15) is 146 Å². The first-order valence-corrected chi connectivity index (χ1v) is 18.5. The van der Waals surface area contributed by atoms with E-state index in [2.05, 4.69) is 70.0 Å². The van der Waals surface area contributed by atoms with E-state index >= 15 is 0 Å². The fraction of sp³-hybridized carbons (Fsp3) is 0.659. The Labute approximate surface area is 269 Å². The van der Waals surface area contributed by atoms with Gasteiger partial charge in [-0.2, -0.15) is 0 Å². The minimum Gasteiger partial charge on any atom is -0.371 e. The molecule has 0 aromatic heterocycles. The summed E-state index contributed by atoms with van der Waals surface area (Å²) in [5.41, 5.74) is 11.1. The van der Waals surface area contributed by atoms with E-state index in [4.69, 9.17) is 10.4 Å². The van der Waals surface area contributed by atoms with Gasteiger partial charge in [0.1, 0.15) is 0 Å². The van der Waals surface area contributed by atoms with E-state index in [-0.39, 0.29) is 0 Å². The molecule has 3 heteroatoms. The first-order valence-electron chi connectivity index (χ1n) is 18.5. The van der Waals surface area contributed by atoms with Crippen molar-refractivity contribution in [2.75, 3.05) is 18.0 Å². The van der Waals surface area contributed by atoms with Crippen LogP contribution in [0.25, 0.3) is 11.1 Å². The van der Waals surface area contributed by atoms with Gasteiger partial charge in [-0.3, -0.25) is 4.99 Å². The van der Waals surface area contributed by atoms with Crippen molar-refractivity contribution >= 4 is 23.3 Å². The second kappa shape index (κ2) is 15.2. The van der Waals surface area contributed by atoms with Crippen LogP contribution < -0.4 is 4.90 Å². The molecular formula is C41H61N3. The molecule has 0 bridgehead atoms. The third-order valence-electron chi connectivity index (χ3n) is 11.8. The molecule has 1 N–H and O–H groups in total. The summed E-state index contributed by atoms with van der Waals surface area (Å²) in [6, 6.07) is 9.77. The number of anilines is 1. The maximum Gasteiger partial charge on any atom is 0.0778 e. The summed E-state index contributed by atoms with van der Waals surface area (Å²) < 4.78 is 0. The molecule has 2 aromatic carbocycles. The Kier molecular flexibility index (Phi) is 11.4. The van der Waals surface area contributed by atoms with Gasteiger partial charge in [-0.1, -0.05) is 97.3 Å². The van der Waals surface area contributed by atoms with Gasteiger partial charge in [-0.15, -0.1) is 0 Å². The molecule has 3 aliphatic rings. The Balaban J connectivity index is 1.47. The van der Waals surface area contributed by atoms with Crippen LogP contribution in [0.2, 0.25) is 0 Å². The predicted molar refractivity (Wildman–Crippen MR) is 193 cm³/mol. The summed E-state index contributed by atoms with van der Waals surface area (Å²) >= 11 is 0. The molecule has 2 aromatic rings. The molecule has 4 atom stereocenters. The van der Waals surface area contributed by atoms with Gasteiger partial charge in [0.05, 0.1) is 5.69 Å². The molecule has 4 unspecified atom stereocenters. The molecule has 2 aliphatic heterocycles. The maximum absolute atomic E-state index is 8.94. The Hall–Kier alpha value is -2.42. The quantitative estimate of drug-likeness (QED) is 0.230. The lowest BCUT2D eigenvalue weighted by Gasteiger charge is -2.31. The van der Waals surface area contributed by atoms with Gasteiger partial charge in [-0.25, -0.2) is 0 Å². The fourth-order valence-electron chi connectivity index (χ4n) is 8.91. The first-order chi connectivity index (χ1) is 21.3. The molecule has 44 heavy (non-hydrogen) atoms. The number of nitrogens with zero attached hydrogens (tertiary/aromatic N) is 2. The third kappa shape index (κ3) is 7.34. The normalized spacial score (nSPS) is 21.8. The maximum atomic E-state index is 8.94. The van der Waals surface area contributed by atoms with Crippen molar-refractivity contribution < 1.29 is 0 Å². The molecule has 240 valence electrons. The van der Waals surface area contributed by atoms with Crippen molar-refractivity contribution in [2.45, 2.75) is 137 Å². The van der Waals surface area contributed by atoms with E-state index in [0.29, 0.717) is 11.6 Å². The summed E-state index contributed by atoms with van der Waals surface area (Å²) in [6.07, 6.45) is 20.4. The van der Waals surface area contributed by atoms with Gasteiger partial charge in [0.15, 0.2) is 0 Å². The van der Waals surface area contributed by atoms with Crippen molar-refractivity contribution in [3.63, 3.8) is 0 Å². The number of fused-ring (bicyclic) bond motifs is 1. The van der Waals surface area contributed by atoms with Crippen molar-refractivity contribution in [3.05, 3.63) is 46.5 Å². The van der Waals surface area contributed by atoms with Crippen LogP contribution >= 0.6 is 0 Å². The van der Waals surface area contributed by atoms with Gasteiger partial charge in [0.2, 0.25) is 0 Å². The number of nitrogens with one attached hydrogen (secondary N) is 1. The van der Waals surface area contributed by atoms with Crippen molar-refractivity contribution in [1.29, 1.82) is 5.41 Å². The van der Waals surface area contributed by atoms with Crippen LogP contribution in [-0.4, -0.2) is 25.0 Å². The second-order valence-corrected chi connectivity index (χ2v) is 14.8. The summed E-state index contributed by atoms with van der Waals surface area (Å²) in [6.45, 7) is 16.0. The average molecular weight is 596 g/mol. The van der Waals surface area contributed by atoms with Gasteiger partial charge in [0, 0.05) is 36.3 Å². The fourth-order valence-corrected chi connectivity index (χ4v) is 8.91. The van der Waals surface area contributed by atoms with Gasteiger partial charge >= 0.3 is 0 Å². The number of benzene rings is 2. The molecule has 1 saturated heterocycles. The standard InChI is InChI=1S/C41H61N3/c1-7-13-31(8-2)25-32-21-23-44(27-32)38-26-37(40-33(9-3)20-22-43-41(40)39(38)30(6)42)36-19-18-35(29(5)24-36)17-16-28(4)34-14-11-10-12-15-34/h18-19,22,24,26,28,31-34,42H,7-17,20-21,23,25,27H2,1-6H3. The second-order valence-electron chi connectivity index (χ2n) is 14.8. The summed E-state index contributed by atoms with van der Waals surface area (Å²) in [4.78, 5) is 7.69. The third-order valence-corrected chi connectivity index (χ3v) is 11.8. The summed E-state index contributed by atoms with van der Waals surface area (Å²) in [5.74, 6) is 3.79. The van der Waals surface area contributed by atoms with E-state index in [1.807, 2.05) is 6.92 Å². The molecule has 2 fully saturated rings. The van der Waals surface area contributed by atoms with Gasteiger partial charge in [-0.05, 0) is 116 Å². The van der Waals surface area contributed by atoms with Crippen molar-refractivity contribution in [1.82, 2.24) is 0 Å². The van der Waals surface area contributed by atoms with E-state index in [9.17, 15) is 0 Å². The van der Waals surface area contributed by atoms with E-state index < -0.39 is 0 Å². The van der Waals surface area contributed by atoms with Crippen molar-refractivity contribution in [2.24, 2.45) is 28.7 Å². The number of hydrogen-bond acceptors (Lipinski definition) is 3. The summed E-state index contributed by atoms with van der Waals surface area (Å²) in [5, 5.41) is 8.94. The molecule has 2 heterocycles. The SMILES string of the molecule is CCCC(CC)CC1CCN(c2cc(-c3ccc(CCC(C)C4CCCCC4)c(C)c3)c3c(c2C(C)=N)N=CCC3CC)C1.